The predicted octanol–water partition coefficient (Wildman–Crippen LogP) is 4.18. The summed E-state index contributed by atoms with van der Waals surface area (Å²) in [6.45, 7) is 8.65. The van der Waals surface area contributed by atoms with E-state index in [4.69, 9.17) is 4.74 Å². The minimum absolute atomic E-state index is 0.00860. The van der Waals surface area contributed by atoms with Crippen molar-refractivity contribution in [3.63, 3.8) is 0 Å². The smallest absolute Gasteiger partial charge is 0.264 e. The molecule has 12 nitrogen and oxygen atoms in total. The number of para-hydroxylation sites is 1. The van der Waals surface area contributed by atoms with Crippen molar-refractivity contribution < 1.29 is 24.2 Å². The highest BCUT2D eigenvalue weighted by molar-refractivity contribution is 6.71. The number of carbonyl (C=O) groups is 2. The molecule has 4 aliphatic rings. The van der Waals surface area contributed by atoms with Gasteiger partial charge in [0, 0.05) is 54.2 Å². The zero-order chi connectivity index (χ0) is 37.0. The number of piperidine rings is 1. The summed E-state index contributed by atoms with van der Waals surface area (Å²) in [7, 11) is -2.91. The number of aromatic nitrogens is 3. The van der Waals surface area contributed by atoms with Crippen LogP contribution in [-0.2, 0) is 39.4 Å². The van der Waals surface area contributed by atoms with Crippen LogP contribution in [0.25, 0.3) is 0 Å². The number of anilines is 3. The van der Waals surface area contributed by atoms with Crippen molar-refractivity contribution in [2.24, 2.45) is 5.92 Å². The Labute approximate surface area is 311 Å². The zero-order valence-electron chi connectivity index (χ0n) is 30.7. The molecule has 3 fully saturated rings. The summed E-state index contributed by atoms with van der Waals surface area (Å²) in [5, 5.41) is 21.2. The number of amides is 2. The van der Waals surface area contributed by atoms with Crippen LogP contribution in [0.2, 0.25) is 18.6 Å². The number of nitrogens with zero attached hydrogens (tertiary/aromatic N) is 6. The van der Waals surface area contributed by atoms with E-state index in [-0.39, 0.29) is 29.9 Å². The van der Waals surface area contributed by atoms with E-state index < -0.39 is 25.6 Å². The second-order valence-corrected chi connectivity index (χ2v) is 19.6. The predicted molar refractivity (Wildman–Crippen MR) is 205 cm³/mol. The second-order valence-electron chi connectivity index (χ2n) is 15.6. The van der Waals surface area contributed by atoms with Gasteiger partial charge in [-0.2, -0.15) is 0 Å². The molecule has 8 rings (SSSR count). The quantitative estimate of drug-likeness (QED) is 0.205. The van der Waals surface area contributed by atoms with Gasteiger partial charge in [0.25, 0.3) is 11.8 Å². The average Bonchev–Trinajstić information content (AvgIpc) is 3.87. The van der Waals surface area contributed by atoms with E-state index in [9.17, 15) is 14.7 Å². The molecular formula is C40H49N7O5Si. The van der Waals surface area contributed by atoms with Crippen molar-refractivity contribution in [1.29, 1.82) is 0 Å². The summed E-state index contributed by atoms with van der Waals surface area (Å²) in [6.07, 6.45) is 3.73. The molecule has 0 unspecified atom stereocenters. The van der Waals surface area contributed by atoms with Gasteiger partial charge in [0.1, 0.15) is 5.54 Å². The van der Waals surface area contributed by atoms with Crippen LogP contribution >= 0.6 is 0 Å². The van der Waals surface area contributed by atoms with Crippen LogP contribution < -0.4 is 20.0 Å². The molecule has 2 spiro atoms. The Morgan fingerprint density at radius 1 is 0.962 bits per heavy atom. The number of benzene rings is 3. The molecule has 278 valence electrons. The summed E-state index contributed by atoms with van der Waals surface area (Å²) < 4.78 is 8.89. The molecule has 0 radical (unpaired) electrons. The van der Waals surface area contributed by atoms with Gasteiger partial charge in [0.15, 0.2) is 13.9 Å². The third kappa shape index (κ3) is 5.98. The van der Waals surface area contributed by atoms with Crippen molar-refractivity contribution >= 4 is 37.2 Å². The maximum absolute atomic E-state index is 15.1. The van der Waals surface area contributed by atoms with Crippen LogP contribution in [0.4, 0.5) is 17.1 Å². The zero-order valence-corrected chi connectivity index (χ0v) is 31.7. The highest BCUT2D eigenvalue weighted by Crippen LogP contribution is 2.60. The summed E-state index contributed by atoms with van der Waals surface area (Å²) in [5.74, 6) is -0.435. The molecule has 1 aromatic heterocycles. The minimum Gasteiger partial charge on any atom is -0.432 e. The van der Waals surface area contributed by atoms with Gasteiger partial charge >= 0.3 is 0 Å². The first-order valence-electron chi connectivity index (χ1n) is 18.8. The fourth-order valence-corrected chi connectivity index (χ4v) is 12.1. The SMILES string of the molecule is C[C@@H]1[C@@H]([Si](C)(C)O)[C@H](CCn2cc(CCO)nn2)O[C@@]12C(=O)N(Cc1ccccc1)c1ccc(N3CN(c4ccccc4)C4(CCNCC4)C3=O)cc12. The Bertz CT molecular complexity index is 1960. The number of nitrogens with one attached hydrogen (secondary N) is 1. The highest BCUT2D eigenvalue weighted by Gasteiger charge is 2.66. The topological polar surface area (TPSA) is 136 Å². The fraction of sp³-hybridized carbons (Fsp3) is 0.450. The lowest BCUT2D eigenvalue weighted by molar-refractivity contribution is -0.146. The van der Waals surface area contributed by atoms with Crippen LogP contribution in [0.5, 0.6) is 0 Å². The molecule has 4 atom stereocenters. The number of carbonyl (C=O) groups excluding carboxylic acids is 2. The maximum atomic E-state index is 15.1. The maximum Gasteiger partial charge on any atom is 0.264 e. The Morgan fingerprint density at radius 3 is 2.38 bits per heavy atom. The molecule has 4 aliphatic heterocycles. The average molecular weight is 736 g/mol. The summed E-state index contributed by atoms with van der Waals surface area (Å²) in [5.41, 5.74) is 2.65. The van der Waals surface area contributed by atoms with Gasteiger partial charge in [0.05, 0.1) is 30.7 Å². The summed E-state index contributed by atoms with van der Waals surface area (Å²) in [6, 6.07) is 26.1. The van der Waals surface area contributed by atoms with Gasteiger partial charge in [-0.3, -0.25) is 19.2 Å². The molecule has 0 bridgehead atoms. The molecule has 5 heterocycles. The van der Waals surface area contributed by atoms with E-state index >= 15 is 4.79 Å². The molecular weight excluding hydrogens is 687 g/mol. The van der Waals surface area contributed by atoms with E-state index in [0.717, 1.165) is 41.3 Å². The lowest BCUT2D eigenvalue weighted by atomic mass is 9.82. The van der Waals surface area contributed by atoms with Gasteiger partial charge in [-0.05, 0) is 81.3 Å². The number of aliphatic hydroxyl groups excluding tert-OH is 1. The molecule has 3 aromatic carbocycles. The number of rotatable bonds is 10. The van der Waals surface area contributed by atoms with E-state index in [0.29, 0.717) is 51.1 Å². The first-order chi connectivity index (χ1) is 25.6. The van der Waals surface area contributed by atoms with Gasteiger partial charge in [0.2, 0.25) is 0 Å². The molecule has 3 N–H and O–H groups in total. The molecule has 13 heteroatoms. The minimum atomic E-state index is -2.91. The van der Waals surface area contributed by atoms with Crippen molar-refractivity contribution in [2.75, 3.05) is 41.1 Å². The van der Waals surface area contributed by atoms with Gasteiger partial charge in [-0.25, -0.2) is 0 Å². The molecule has 2 amide bonds. The number of ether oxygens (including phenoxy) is 1. The van der Waals surface area contributed by atoms with Crippen LogP contribution in [0.15, 0.2) is 85.1 Å². The van der Waals surface area contributed by atoms with Crippen LogP contribution in [0.1, 0.15) is 43.0 Å². The monoisotopic (exact) mass is 735 g/mol. The summed E-state index contributed by atoms with van der Waals surface area (Å²) in [4.78, 5) is 47.7. The van der Waals surface area contributed by atoms with Crippen molar-refractivity contribution in [2.45, 2.75) is 81.6 Å². The van der Waals surface area contributed by atoms with Crippen molar-refractivity contribution in [1.82, 2.24) is 20.3 Å². The Balaban J connectivity index is 1.20. The molecule has 0 aliphatic carbocycles. The highest BCUT2D eigenvalue weighted by atomic mass is 28.4. The van der Waals surface area contributed by atoms with E-state index in [1.54, 1.807) is 4.68 Å². The number of hydrogen-bond donors (Lipinski definition) is 3. The normalized spacial score (nSPS) is 25.3. The van der Waals surface area contributed by atoms with Crippen LogP contribution in [-0.4, -0.2) is 83.0 Å². The number of fused-ring (bicyclic) bond motifs is 2. The van der Waals surface area contributed by atoms with Crippen molar-refractivity contribution in [3.8, 4) is 0 Å². The lowest BCUT2D eigenvalue weighted by Gasteiger charge is -2.39. The first kappa shape index (κ1) is 35.6. The Morgan fingerprint density at radius 2 is 1.68 bits per heavy atom. The number of aliphatic hydroxyl groups is 1. The van der Waals surface area contributed by atoms with E-state index in [1.165, 1.54) is 0 Å². The van der Waals surface area contributed by atoms with Crippen molar-refractivity contribution in [3.05, 3.63) is 102 Å². The Kier molecular flexibility index (Phi) is 9.26. The van der Waals surface area contributed by atoms with Gasteiger partial charge < -0.3 is 29.8 Å². The van der Waals surface area contributed by atoms with Gasteiger partial charge in [-0.15, -0.1) is 5.10 Å². The second kappa shape index (κ2) is 13.8. The molecule has 3 saturated heterocycles. The third-order valence-corrected chi connectivity index (χ3v) is 14.5. The lowest BCUT2D eigenvalue weighted by Crippen LogP contribution is -2.55. The Hall–Kier alpha value is -4.40. The third-order valence-electron chi connectivity index (χ3n) is 12.0. The molecule has 0 saturated carbocycles. The summed E-state index contributed by atoms with van der Waals surface area (Å²) >= 11 is 0. The first-order valence-corrected chi connectivity index (χ1v) is 21.8. The number of aryl methyl sites for hydroxylation is 1. The molecule has 4 aromatic rings. The van der Waals surface area contributed by atoms with E-state index in [1.807, 2.05) is 103 Å². The standard InChI is InChI=1S/C40H49N7O5Si/c1-28-36(53(2,3)51)35(16-22-44-26-30(17-23-48)42-43-44)52-40(28)33-24-32(14-15-34(33)45(38(40)50)25-29-10-6-4-7-11-29)46-27-47(31-12-8-5-9-13-31)39(37(46)49)18-20-41-21-19-39/h4-15,24,26,28,35-36,41,48,51H,16-23,25,27H2,1-3H3/t28-,35+,36-,40+/m1/s1. The van der Waals surface area contributed by atoms with Crippen LogP contribution in [0.3, 0.4) is 0 Å². The van der Waals surface area contributed by atoms with E-state index in [2.05, 4.69) is 32.7 Å². The van der Waals surface area contributed by atoms with Crippen LogP contribution in [0, 0.1) is 5.92 Å². The largest absolute Gasteiger partial charge is 0.432 e. The van der Waals surface area contributed by atoms with Gasteiger partial charge in [-0.1, -0.05) is 60.7 Å². The fourth-order valence-electron chi connectivity index (χ4n) is 9.53. The molecule has 53 heavy (non-hydrogen) atoms. The number of hydrogen-bond acceptors (Lipinski definition) is 9.